The van der Waals surface area contributed by atoms with Crippen LogP contribution < -0.4 is 14.9 Å². The Labute approximate surface area is 199 Å². The first-order chi connectivity index (χ1) is 16.0. The van der Waals surface area contributed by atoms with E-state index < -0.39 is 5.97 Å². The summed E-state index contributed by atoms with van der Waals surface area (Å²) in [6, 6.07) is 21.7. The van der Waals surface area contributed by atoms with Crippen LogP contribution in [0.15, 0.2) is 77.9 Å². The van der Waals surface area contributed by atoms with Crippen molar-refractivity contribution in [2.24, 2.45) is 5.10 Å². The van der Waals surface area contributed by atoms with Crippen molar-refractivity contribution in [2.45, 2.75) is 6.92 Å². The van der Waals surface area contributed by atoms with Crippen LogP contribution in [0, 0.1) is 6.92 Å². The van der Waals surface area contributed by atoms with E-state index in [0.717, 1.165) is 21.2 Å². The second-order valence-electron chi connectivity index (χ2n) is 7.09. The Balaban J connectivity index is 1.29. The first kappa shape index (κ1) is 22.5. The van der Waals surface area contributed by atoms with Gasteiger partial charge in [0.25, 0.3) is 5.91 Å². The Bertz CT molecular complexity index is 1310. The Hall–Kier alpha value is -3.68. The van der Waals surface area contributed by atoms with Gasteiger partial charge < -0.3 is 9.47 Å². The van der Waals surface area contributed by atoms with Gasteiger partial charge in [-0.25, -0.2) is 10.2 Å². The zero-order valence-electron chi connectivity index (χ0n) is 17.6. The van der Waals surface area contributed by atoms with E-state index in [9.17, 15) is 9.59 Å². The maximum Gasteiger partial charge on any atom is 0.355 e. The van der Waals surface area contributed by atoms with Crippen LogP contribution in [-0.4, -0.2) is 24.7 Å². The summed E-state index contributed by atoms with van der Waals surface area (Å²) in [5, 5.41) is 5.14. The van der Waals surface area contributed by atoms with Crippen molar-refractivity contribution in [3.8, 4) is 11.5 Å². The fraction of sp³-hybridized carbons (Fsp3) is 0.0800. The number of rotatable bonds is 7. The number of halogens is 1. The molecule has 0 saturated carbocycles. The van der Waals surface area contributed by atoms with Crippen molar-refractivity contribution in [3.05, 3.63) is 93.8 Å². The third-order valence-corrected chi connectivity index (χ3v) is 6.26. The number of nitrogens with zero attached hydrogens (tertiary/aromatic N) is 1. The molecule has 3 aromatic carbocycles. The molecular weight excluding hydrogens is 460 g/mol. The molecule has 0 aliphatic carbocycles. The van der Waals surface area contributed by atoms with Gasteiger partial charge in [0, 0.05) is 10.1 Å². The molecule has 0 atom stereocenters. The molecule has 0 aliphatic rings. The molecule has 0 saturated heterocycles. The molecular formula is C25H19ClN2O4S. The third-order valence-electron chi connectivity index (χ3n) is 4.60. The zero-order chi connectivity index (χ0) is 23.2. The smallest absolute Gasteiger partial charge is 0.355 e. The Morgan fingerprint density at radius 2 is 1.70 bits per heavy atom. The van der Waals surface area contributed by atoms with Crippen LogP contribution >= 0.6 is 22.9 Å². The minimum atomic E-state index is -0.511. The number of benzene rings is 3. The van der Waals surface area contributed by atoms with Gasteiger partial charge in [-0.1, -0.05) is 47.5 Å². The summed E-state index contributed by atoms with van der Waals surface area (Å²) >= 11 is 7.63. The Morgan fingerprint density at radius 1 is 1.00 bits per heavy atom. The van der Waals surface area contributed by atoms with Crippen LogP contribution in [0.4, 0.5) is 0 Å². The van der Waals surface area contributed by atoms with E-state index in [4.69, 9.17) is 21.1 Å². The van der Waals surface area contributed by atoms with Gasteiger partial charge in [-0.3, -0.25) is 4.79 Å². The van der Waals surface area contributed by atoms with Crippen LogP contribution in [-0.2, 0) is 4.79 Å². The van der Waals surface area contributed by atoms with Crippen molar-refractivity contribution in [2.75, 3.05) is 6.61 Å². The highest BCUT2D eigenvalue weighted by Gasteiger charge is 2.18. The van der Waals surface area contributed by atoms with Crippen molar-refractivity contribution < 1.29 is 19.1 Å². The summed E-state index contributed by atoms with van der Waals surface area (Å²) in [4.78, 5) is 24.8. The van der Waals surface area contributed by atoms with Crippen molar-refractivity contribution in [3.63, 3.8) is 0 Å². The molecule has 0 aliphatic heterocycles. The highest BCUT2D eigenvalue weighted by atomic mass is 35.5. The lowest BCUT2D eigenvalue weighted by Crippen LogP contribution is -2.24. The summed E-state index contributed by atoms with van der Waals surface area (Å²) in [6.45, 7) is 1.83. The maximum atomic E-state index is 12.5. The van der Waals surface area contributed by atoms with E-state index in [0.29, 0.717) is 21.4 Å². The SMILES string of the molecule is Cc1ccc(OCC(=O)NN=Cc2ccc(OC(=O)c3sc4ccccc4c3Cl)cc2)cc1. The number of fused-ring (bicyclic) bond motifs is 1. The molecule has 1 aromatic heterocycles. The summed E-state index contributed by atoms with van der Waals surface area (Å²) in [5.74, 6) is 0.101. The number of nitrogens with one attached hydrogen (secondary N) is 1. The standard InChI is InChI=1S/C25H19ClN2O4S/c1-16-6-10-18(11-7-16)31-15-22(29)28-27-14-17-8-12-19(13-9-17)32-25(30)24-23(26)20-4-2-3-5-21(20)33-24/h2-14H,15H2,1H3,(H,28,29). The number of ether oxygens (including phenoxy) is 2. The van der Waals surface area contributed by atoms with E-state index in [2.05, 4.69) is 10.5 Å². The average molecular weight is 479 g/mol. The van der Waals surface area contributed by atoms with E-state index in [1.54, 1.807) is 36.4 Å². The highest BCUT2D eigenvalue weighted by molar-refractivity contribution is 7.21. The van der Waals surface area contributed by atoms with Gasteiger partial charge in [-0.15, -0.1) is 11.3 Å². The van der Waals surface area contributed by atoms with Gasteiger partial charge in [0.1, 0.15) is 16.4 Å². The van der Waals surface area contributed by atoms with Gasteiger partial charge in [-0.05, 0) is 55.0 Å². The minimum absolute atomic E-state index is 0.143. The fourth-order valence-corrected chi connectivity index (χ4v) is 4.30. The van der Waals surface area contributed by atoms with Gasteiger partial charge in [-0.2, -0.15) is 5.10 Å². The molecule has 6 nitrogen and oxygen atoms in total. The van der Waals surface area contributed by atoms with Crippen molar-refractivity contribution >= 4 is 51.1 Å². The number of amides is 1. The third kappa shape index (κ3) is 5.77. The maximum absolute atomic E-state index is 12.5. The first-order valence-electron chi connectivity index (χ1n) is 10.0. The van der Waals surface area contributed by atoms with E-state index in [-0.39, 0.29) is 12.5 Å². The van der Waals surface area contributed by atoms with Crippen LogP contribution in [0.2, 0.25) is 5.02 Å². The van der Waals surface area contributed by atoms with Gasteiger partial charge in [0.2, 0.25) is 0 Å². The van der Waals surface area contributed by atoms with Crippen LogP contribution in [0.25, 0.3) is 10.1 Å². The monoisotopic (exact) mass is 478 g/mol. The molecule has 1 heterocycles. The predicted octanol–water partition coefficient (Wildman–Crippen LogP) is 5.61. The molecule has 0 bridgehead atoms. The van der Waals surface area contributed by atoms with Crippen molar-refractivity contribution in [1.82, 2.24) is 5.43 Å². The second kappa shape index (κ2) is 10.3. The number of carbonyl (C=O) groups excluding carboxylic acids is 2. The van der Waals surface area contributed by atoms with E-state index in [1.807, 2.05) is 43.3 Å². The molecule has 1 amide bonds. The van der Waals surface area contributed by atoms with E-state index >= 15 is 0 Å². The van der Waals surface area contributed by atoms with Gasteiger partial charge >= 0.3 is 5.97 Å². The lowest BCUT2D eigenvalue weighted by atomic mass is 10.2. The molecule has 4 aromatic rings. The second-order valence-corrected chi connectivity index (χ2v) is 8.52. The van der Waals surface area contributed by atoms with Gasteiger partial charge in [0.15, 0.2) is 6.61 Å². The largest absolute Gasteiger partial charge is 0.484 e. The molecule has 33 heavy (non-hydrogen) atoms. The summed E-state index contributed by atoms with van der Waals surface area (Å²) in [5.41, 5.74) is 4.24. The molecule has 0 fully saturated rings. The van der Waals surface area contributed by atoms with Gasteiger partial charge in [0.05, 0.1) is 11.2 Å². The number of hydrogen-bond donors (Lipinski definition) is 1. The Kier molecular flexibility index (Phi) is 7.02. The number of thiophene rings is 1. The Morgan fingerprint density at radius 3 is 2.42 bits per heavy atom. The van der Waals surface area contributed by atoms with E-state index in [1.165, 1.54) is 17.6 Å². The number of esters is 1. The van der Waals surface area contributed by atoms with Crippen LogP contribution in [0.5, 0.6) is 11.5 Å². The predicted molar refractivity (Wildman–Crippen MR) is 131 cm³/mol. The first-order valence-corrected chi connectivity index (χ1v) is 11.2. The molecule has 4 rings (SSSR count). The topological polar surface area (TPSA) is 77.0 Å². The minimum Gasteiger partial charge on any atom is -0.484 e. The molecule has 166 valence electrons. The number of carbonyl (C=O) groups is 2. The number of hydrogen-bond acceptors (Lipinski definition) is 6. The van der Waals surface area contributed by atoms with Crippen molar-refractivity contribution in [1.29, 1.82) is 0 Å². The fourth-order valence-electron chi connectivity index (χ4n) is 2.92. The lowest BCUT2D eigenvalue weighted by Gasteiger charge is -2.05. The number of hydrazone groups is 1. The normalized spacial score (nSPS) is 11.0. The molecule has 8 heteroatoms. The molecule has 0 unspecified atom stereocenters. The van der Waals surface area contributed by atoms with Crippen LogP contribution in [0.3, 0.4) is 0 Å². The zero-order valence-corrected chi connectivity index (χ0v) is 19.2. The molecule has 0 spiro atoms. The molecule has 0 radical (unpaired) electrons. The summed E-state index contributed by atoms with van der Waals surface area (Å²) in [6.07, 6.45) is 1.48. The van der Waals surface area contributed by atoms with Crippen LogP contribution in [0.1, 0.15) is 20.8 Å². The summed E-state index contributed by atoms with van der Waals surface area (Å²) < 4.78 is 11.8. The highest BCUT2D eigenvalue weighted by Crippen LogP contribution is 2.35. The quantitative estimate of drug-likeness (QED) is 0.162. The number of aryl methyl sites for hydroxylation is 1. The average Bonchev–Trinajstić information content (AvgIpc) is 3.17. The lowest BCUT2D eigenvalue weighted by molar-refractivity contribution is -0.123. The molecule has 1 N–H and O–H groups in total. The summed E-state index contributed by atoms with van der Waals surface area (Å²) in [7, 11) is 0.